The van der Waals surface area contributed by atoms with Crippen LogP contribution in [0.25, 0.3) is 0 Å². The summed E-state index contributed by atoms with van der Waals surface area (Å²) in [6.07, 6.45) is 1.63. The van der Waals surface area contributed by atoms with E-state index < -0.39 is 10.0 Å². The third kappa shape index (κ3) is 4.13. The Bertz CT molecular complexity index is 671. The quantitative estimate of drug-likeness (QED) is 0.908. The highest BCUT2D eigenvalue weighted by Crippen LogP contribution is 2.09. The van der Waals surface area contributed by atoms with Crippen LogP contribution in [-0.4, -0.2) is 13.4 Å². The van der Waals surface area contributed by atoms with E-state index in [1.54, 1.807) is 35.8 Å². The van der Waals surface area contributed by atoms with Gasteiger partial charge in [-0.25, -0.2) is 18.1 Å². The van der Waals surface area contributed by atoms with Gasteiger partial charge in [-0.2, -0.15) is 5.26 Å². The molecule has 0 fully saturated rings. The van der Waals surface area contributed by atoms with E-state index in [4.69, 9.17) is 5.26 Å². The predicted octanol–water partition coefficient (Wildman–Crippen LogP) is 1.63. The van der Waals surface area contributed by atoms with Crippen LogP contribution in [0.15, 0.2) is 35.8 Å². The van der Waals surface area contributed by atoms with Crippen molar-refractivity contribution in [1.82, 2.24) is 9.71 Å². The molecule has 0 atom stereocenters. The number of aromatic nitrogens is 1. The van der Waals surface area contributed by atoms with Gasteiger partial charge in [-0.1, -0.05) is 12.1 Å². The van der Waals surface area contributed by atoms with Crippen molar-refractivity contribution in [3.63, 3.8) is 0 Å². The molecule has 0 bridgehead atoms. The van der Waals surface area contributed by atoms with Crippen molar-refractivity contribution in [3.8, 4) is 6.07 Å². The van der Waals surface area contributed by atoms with Crippen LogP contribution in [0.4, 0.5) is 0 Å². The third-order valence-electron chi connectivity index (χ3n) is 2.37. The topological polar surface area (TPSA) is 82.8 Å². The number of sulfonamides is 1. The minimum absolute atomic E-state index is 0.107. The SMILES string of the molecule is N#Cc1ccc(CS(=O)(=O)NCc2nccs2)cc1. The maximum atomic E-state index is 11.9. The van der Waals surface area contributed by atoms with E-state index in [1.165, 1.54) is 11.3 Å². The van der Waals surface area contributed by atoms with Crippen molar-refractivity contribution in [3.05, 3.63) is 52.0 Å². The normalized spacial score (nSPS) is 11.1. The van der Waals surface area contributed by atoms with Crippen LogP contribution in [0.3, 0.4) is 0 Å². The molecule has 1 aromatic carbocycles. The Morgan fingerprint density at radius 2 is 2.05 bits per heavy atom. The number of rotatable bonds is 5. The average molecular weight is 293 g/mol. The molecule has 2 aromatic rings. The molecule has 0 spiro atoms. The lowest BCUT2D eigenvalue weighted by atomic mass is 10.2. The van der Waals surface area contributed by atoms with Gasteiger partial charge in [-0.15, -0.1) is 11.3 Å². The second kappa shape index (κ2) is 5.93. The molecule has 1 aromatic heterocycles. The zero-order valence-electron chi connectivity index (χ0n) is 9.91. The molecule has 5 nitrogen and oxygen atoms in total. The Kier molecular flexibility index (Phi) is 4.27. The summed E-state index contributed by atoms with van der Waals surface area (Å²) in [7, 11) is -3.40. The smallest absolute Gasteiger partial charge is 0.216 e. The fraction of sp³-hybridized carbons (Fsp3) is 0.167. The first kappa shape index (κ1) is 13.7. The fourth-order valence-electron chi connectivity index (χ4n) is 1.46. The maximum Gasteiger partial charge on any atom is 0.216 e. The zero-order valence-corrected chi connectivity index (χ0v) is 11.5. The molecular weight excluding hydrogens is 282 g/mol. The molecule has 0 aliphatic carbocycles. The highest BCUT2D eigenvalue weighted by atomic mass is 32.2. The van der Waals surface area contributed by atoms with E-state index in [1.807, 2.05) is 6.07 Å². The third-order valence-corrected chi connectivity index (χ3v) is 4.44. The number of benzene rings is 1. The van der Waals surface area contributed by atoms with Crippen LogP contribution < -0.4 is 4.72 Å². The summed E-state index contributed by atoms with van der Waals surface area (Å²) in [5, 5.41) is 11.2. The number of nitriles is 1. The molecule has 0 aliphatic rings. The van der Waals surface area contributed by atoms with Gasteiger partial charge in [0.05, 0.1) is 23.9 Å². The standard InChI is InChI=1S/C12H11N3O2S2/c13-7-10-1-3-11(4-2-10)9-19(16,17)15-8-12-14-5-6-18-12/h1-6,15H,8-9H2. The summed E-state index contributed by atoms with van der Waals surface area (Å²) in [6.45, 7) is 0.205. The van der Waals surface area contributed by atoms with E-state index in [9.17, 15) is 8.42 Å². The maximum absolute atomic E-state index is 11.9. The lowest BCUT2D eigenvalue weighted by Crippen LogP contribution is -2.24. The molecule has 2 rings (SSSR count). The molecular formula is C12H11N3O2S2. The second-order valence-electron chi connectivity index (χ2n) is 3.81. The zero-order chi connectivity index (χ0) is 13.7. The van der Waals surface area contributed by atoms with Crippen molar-refractivity contribution in [2.45, 2.75) is 12.3 Å². The number of nitrogens with one attached hydrogen (secondary N) is 1. The summed E-state index contributed by atoms with van der Waals surface area (Å²) in [5.41, 5.74) is 1.16. The van der Waals surface area contributed by atoms with E-state index >= 15 is 0 Å². The minimum Gasteiger partial charge on any atom is -0.248 e. The first-order chi connectivity index (χ1) is 9.09. The largest absolute Gasteiger partial charge is 0.248 e. The first-order valence-corrected chi connectivity index (χ1v) is 7.97. The Morgan fingerprint density at radius 3 is 2.63 bits per heavy atom. The molecule has 1 N–H and O–H groups in total. The van der Waals surface area contributed by atoms with E-state index in [0.717, 1.165) is 5.01 Å². The van der Waals surface area contributed by atoms with Crippen molar-refractivity contribution in [2.24, 2.45) is 0 Å². The lowest BCUT2D eigenvalue weighted by Gasteiger charge is -2.05. The summed E-state index contributed by atoms with van der Waals surface area (Å²) in [5.74, 6) is -0.107. The van der Waals surface area contributed by atoms with Crippen molar-refractivity contribution >= 4 is 21.4 Å². The van der Waals surface area contributed by atoms with Gasteiger partial charge in [-0.05, 0) is 17.7 Å². The van der Waals surface area contributed by atoms with Crippen LogP contribution in [0.2, 0.25) is 0 Å². The Morgan fingerprint density at radius 1 is 1.32 bits per heavy atom. The van der Waals surface area contributed by atoms with Crippen molar-refractivity contribution in [1.29, 1.82) is 5.26 Å². The highest BCUT2D eigenvalue weighted by Gasteiger charge is 2.11. The van der Waals surface area contributed by atoms with Crippen molar-refractivity contribution in [2.75, 3.05) is 0 Å². The fourth-order valence-corrected chi connectivity index (χ4v) is 3.20. The van der Waals surface area contributed by atoms with E-state index in [2.05, 4.69) is 9.71 Å². The predicted molar refractivity (Wildman–Crippen MR) is 72.7 cm³/mol. The van der Waals surface area contributed by atoms with Crippen LogP contribution in [0.5, 0.6) is 0 Å². The second-order valence-corrected chi connectivity index (χ2v) is 6.60. The van der Waals surface area contributed by atoms with Gasteiger partial charge in [0.2, 0.25) is 10.0 Å². The molecule has 0 saturated carbocycles. The minimum atomic E-state index is -3.40. The van der Waals surface area contributed by atoms with Gasteiger partial charge < -0.3 is 0 Å². The number of thiazole rings is 1. The van der Waals surface area contributed by atoms with Crippen LogP contribution in [0.1, 0.15) is 16.1 Å². The molecule has 0 unspecified atom stereocenters. The number of hydrogen-bond acceptors (Lipinski definition) is 5. The molecule has 0 saturated heterocycles. The molecule has 19 heavy (non-hydrogen) atoms. The van der Waals surface area contributed by atoms with Gasteiger partial charge in [0.15, 0.2) is 0 Å². The molecule has 98 valence electrons. The molecule has 0 aliphatic heterocycles. The molecule has 0 radical (unpaired) electrons. The Hall–Kier alpha value is -1.75. The first-order valence-electron chi connectivity index (χ1n) is 5.44. The van der Waals surface area contributed by atoms with Gasteiger partial charge >= 0.3 is 0 Å². The molecule has 0 amide bonds. The monoisotopic (exact) mass is 293 g/mol. The van der Waals surface area contributed by atoms with Crippen molar-refractivity contribution < 1.29 is 8.42 Å². The highest BCUT2D eigenvalue weighted by molar-refractivity contribution is 7.88. The molecule has 1 heterocycles. The number of nitrogens with zero attached hydrogens (tertiary/aromatic N) is 2. The average Bonchev–Trinajstić information content (AvgIpc) is 2.90. The summed E-state index contributed by atoms with van der Waals surface area (Å²) in [4.78, 5) is 4.00. The Labute approximate surface area is 115 Å². The van der Waals surface area contributed by atoms with Crippen LogP contribution >= 0.6 is 11.3 Å². The summed E-state index contributed by atoms with van der Waals surface area (Å²) < 4.78 is 26.2. The van der Waals surface area contributed by atoms with E-state index in [0.29, 0.717) is 11.1 Å². The van der Waals surface area contributed by atoms with Gasteiger partial charge in [0.25, 0.3) is 0 Å². The van der Waals surface area contributed by atoms with Crippen LogP contribution in [0, 0.1) is 11.3 Å². The number of hydrogen-bond donors (Lipinski definition) is 1. The van der Waals surface area contributed by atoms with Gasteiger partial charge in [0.1, 0.15) is 5.01 Å². The van der Waals surface area contributed by atoms with Crippen LogP contribution in [-0.2, 0) is 22.3 Å². The Balaban J connectivity index is 1.98. The van der Waals surface area contributed by atoms with Gasteiger partial charge in [-0.3, -0.25) is 0 Å². The van der Waals surface area contributed by atoms with E-state index in [-0.39, 0.29) is 12.3 Å². The molecule has 7 heteroatoms. The summed E-state index contributed by atoms with van der Waals surface area (Å²) >= 11 is 1.40. The summed E-state index contributed by atoms with van der Waals surface area (Å²) in [6, 6.07) is 8.47. The lowest BCUT2D eigenvalue weighted by molar-refractivity contribution is 0.580. The van der Waals surface area contributed by atoms with Gasteiger partial charge in [0, 0.05) is 11.6 Å².